The Morgan fingerprint density at radius 1 is 1.00 bits per heavy atom. The lowest BCUT2D eigenvalue weighted by molar-refractivity contribution is -0.139. The molecule has 1 atom stereocenters. The first kappa shape index (κ1) is 24.9. The molecule has 32 heavy (non-hydrogen) atoms. The van der Waals surface area contributed by atoms with Crippen LogP contribution >= 0.6 is 35.0 Å². The summed E-state index contributed by atoms with van der Waals surface area (Å²) in [5, 5.41) is 4.51. The second-order valence-electron chi connectivity index (χ2n) is 8.16. The van der Waals surface area contributed by atoms with Crippen LogP contribution in [-0.2, 0) is 16.1 Å². The van der Waals surface area contributed by atoms with Crippen LogP contribution in [-0.4, -0.2) is 34.6 Å². The molecule has 1 fully saturated rings. The van der Waals surface area contributed by atoms with E-state index in [2.05, 4.69) is 5.32 Å². The third-order valence-corrected chi connectivity index (χ3v) is 7.28. The largest absolute Gasteiger partial charge is 0.352 e. The number of carbonyl (C=O) groups is 2. The van der Waals surface area contributed by atoms with E-state index in [9.17, 15) is 9.59 Å². The van der Waals surface area contributed by atoms with Gasteiger partial charge in [-0.3, -0.25) is 9.59 Å². The zero-order chi connectivity index (χ0) is 22.9. The fourth-order valence-corrected chi connectivity index (χ4v) is 5.05. The van der Waals surface area contributed by atoms with Gasteiger partial charge in [0, 0.05) is 27.5 Å². The van der Waals surface area contributed by atoms with Gasteiger partial charge in [0.25, 0.3) is 0 Å². The Morgan fingerprint density at radius 2 is 1.59 bits per heavy atom. The van der Waals surface area contributed by atoms with Gasteiger partial charge >= 0.3 is 0 Å². The Bertz CT molecular complexity index is 884. The molecule has 2 aromatic rings. The minimum Gasteiger partial charge on any atom is -0.352 e. The van der Waals surface area contributed by atoms with Crippen LogP contribution in [0.15, 0.2) is 53.4 Å². The van der Waals surface area contributed by atoms with Crippen LogP contribution in [0.5, 0.6) is 0 Å². The maximum Gasteiger partial charge on any atom is 0.243 e. The Balaban J connectivity index is 1.73. The molecule has 172 valence electrons. The number of nitrogens with zero attached hydrogens (tertiary/aromatic N) is 1. The van der Waals surface area contributed by atoms with E-state index < -0.39 is 6.04 Å². The molecule has 0 radical (unpaired) electrons. The Hall–Kier alpha value is -1.69. The van der Waals surface area contributed by atoms with Crippen LogP contribution in [0.4, 0.5) is 0 Å². The summed E-state index contributed by atoms with van der Waals surface area (Å²) in [4.78, 5) is 29.2. The lowest BCUT2D eigenvalue weighted by atomic mass is 9.95. The van der Waals surface area contributed by atoms with Gasteiger partial charge in [0.2, 0.25) is 11.8 Å². The summed E-state index contributed by atoms with van der Waals surface area (Å²) in [6.45, 7) is 2.33. The first-order valence-electron chi connectivity index (χ1n) is 11.2. The van der Waals surface area contributed by atoms with Crippen molar-refractivity contribution in [3.05, 3.63) is 64.1 Å². The van der Waals surface area contributed by atoms with E-state index in [1.807, 2.05) is 55.5 Å². The van der Waals surface area contributed by atoms with Crippen LogP contribution < -0.4 is 5.32 Å². The van der Waals surface area contributed by atoms with Crippen molar-refractivity contribution in [2.75, 3.05) is 5.75 Å². The minimum absolute atomic E-state index is 0.0572. The predicted molar refractivity (Wildman–Crippen MR) is 133 cm³/mol. The molecule has 1 saturated carbocycles. The van der Waals surface area contributed by atoms with Crippen molar-refractivity contribution in [1.29, 1.82) is 0 Å². The molecular formula is C25H30Cl2N2O2S. The predicted octanol–water partition coefficient (Wildman–Crippen LogP) is 6.34. The number of hydrogen-bond donors (Lipinski definition) is 1. The van der Waals surface area contributed by atoms with Gasteiger partial charge in [0.05, 0.1) is 5.75 Å². The lowest BCUT2D eigenvalue weighted by Gasteiger charge is -2.32. The molecule has 2 aromatic carbocycles. The van der Waals surface area contributed by atoms with Crippen LogP contribution in [0, 0.1) is 0 Å². The van der Waals surface area contributed by atoms with Gasteiger partial charge in [-0.15, -0.1) is 11.8 Å². The SMILES string of the molecule is CC[C@H](C(=O)NC1CCCCC1)N(Cc1ccc(Cl)cc1)C(=O)CSc1ccc(Cl)cc1. The minimum atomic E-state index is -0.508. The molecule has 1 N–H and O–H groups in total. The highest BCUT2D eigenvalue weighted by atomic mass is 35.5. The number of rotatable bonds is 9. The maximum atomic E-state index is 13.3. The van der Waals surface area contributed by atoms with Crippen LogP contribution in [0.2, 0.25) is 10.0 Å². The average Bonchev–Trinajstić information content (AvgIpc) is 2.80. The van der Waals surface area contributed by atoms with Gasteiger partial charge in [-0.2, -0.15) is 0 Å². The zero-order valence-corrected chi connectivity index (χ0v) is 20.7. The Kier molecular flexibility index (Phi) is 9.76. The summed E-state index contributed by atoms with van der Waals surface area (Å²) in [7, 11) is 0. The highest BCUT2D eigenvalue weighted by molar-refractivity contribution is 8.00. The lowest BCUT2D eigenvalue weighted by Crippen LogP contribution is -2.52. The van der Waals surface area contributed by atoms with E-state index in [0.717, 1.165) is 36.1 Å². The number of carbonyl (C=O) groups excluding carboxylic acids is 2. The zero-order valence-electron chi connectivity index (χ0n) is 18.4. The maximum absolute atomic E-state index is 13.3. The third-order valence-electron chi connectivity index (χ3n) is 5.78. The molecule has 0 aromatic heterocycles. The third kappa shape index (κ3) is 7.43. The molecule has 7 heteroatoms. The average molecular weight is 494 g/mol. The standard InChI is InChI=1S/C25H30Cl2N2O2S/c1-2-23(25(31)28-21-6-4-3-5-7-21)29(16-18-8-10-19(26)11-9-18)24(30)17-32-22-14-12-20(27)13-15-22/h8-15,21,23H,2-7,16-17H2,1H3,(H,28,31)/t23-/m1/s1. The summed E-state index contributed by atoms with van der Waals surface area (Å²) in [5.41, 5.74) is 0.947. The van der Waals surface area contributed by atoms with E-state index in [-0.39, 0.29) is 23.6 Å². The number of amides is 2. The van der Waals surface area contributed by atoms with E-state index in [1.165, 1.54) is 18.2 Å². The monoisotopic (exact) mass is 492 g/mol. The molecular weight excluding hydrogens is 463 g/mol. The Labute approximate surface area is 205 Å². The summed E-state index contributed by atoms with van der Waals surface area (Å²) >= 11 is 13.4. The van der Waals surface area contributed by atoms with E-state index in [4.69, 9.17) is 23.2 Å². The number of hydrogen-bond acceptors (Lipinski definition) is 3. The second kappa shape index (κ2) is 12.5. The van der Waals surface area contributed by atoms with Crippen molar-refractivity contribution in [2.45, 2.75) is 69.0 Å². The smallest absolute Gasteiger partial charge is 0.243 e. The van der Waals surface area contributed by atoms with Gasteiger partial charge in [0.15, 0.2) is 0 Å². The van der Waals surface area contributed by atoms with E-state index >= 15 is 0 Å². The first-order chi connectivity index (χ1) is 15.5. The number of thioether (sulfide) groups is 1. The van der Waals surface area contributed by atoms with Gasteiger partial charge < -0.3 is 10.2 Å². The molecule has 4 nitrogen and oxygen atoms in total. The molecule has 0 spiro atoms. The summed E-state index contributed by atoms with van der Waals surface area (Å²) in [6, 6.07) is 14.6. The topological polar surface area (TPSA) is 49.4 Å². The summed E-state index contributed by atoms with van der Waals surface area (Å²) < 4.78 is 0. The van der Waals surface area contributed by atoms with Crippen molar-refractivity contribution in [2.24, 2.45) is 0 Å². The van der Waals surface area contributed by atoms with Gasteiger partial charge in [-0.1, -0.05) is 61.5 Å². The van der Waals surface area contributed by atoms with Crippen LogP contribution in [0.1, 0.15) is 51.0 Å². The summed E-state index contributed by atoms with van der Waals surface area (Å²) in [5.74, 6) is 0.131. The number of nitrogens with one attached hydrogen (secondary N) is 1. The van der Waals surface area contributed by atoms with Gasteiger partial charge in [-0.05, 0) is 61.2 Å². The fourth-order valence-electron chi connectivity index (χ4n) is 4.01. The first-order valence-corrected chi connectivity index (χ1v) is 12.9. The van der Waals surface area contributed by atoms with Gasteiger partial charge in [0.1, 0.15) is 6.04 Å². The van der Waals surface area contributed by atoms with Gasteiger partial charge in [-0.25, -0.2) is 0 Å². The van der Waals surface area contributed by atoms with Crippen LogP contribution in [0.25, 0.3) is 0 Å². The molecule has 2 amide bonds. The molecule has 0 unspecified atom stereocenters. The highest BCUT2D eigenvalue weighted by Crippen LogP contribution is 2.23. The van der Waals surface area contributed by atoms with E-state index in [0.29, 0.717) is 23.0 Å². The molecule has 0 aliphatic heterocycles. The van der Waals surface area contributed by atoms with E-state index in [1.54, 1.807) is 4.90 Å². The molecule has 3 rings (SSSR count). The normalized spacial score (nSPS) is 15.2. The van der Waals surface area contributed by atoms with Crippen LogP contribution in [0.3, 0.4) is 0 Å². The van der Waals surface area contributed by atoms with Crippen molar-refractivity contribution in [3.8, 4) is 0 Å². The molecule has 0 bridgehead atoms. The van der Waals surface area contributed by atoms with Crippen molar-refractivity contribution in [1.82, 2.24) is 10.2 Å². The molecule has 1 aliphatic carbocycles. The molecule has 0 heterocycles. The Morgan fingerprint density at radius 3 is 2.19 bits per heavy atom. The number of benzene rings is 2. The highest BCUT2D eigenvalue weighted by Gasteiger charge is 2.30. The summed E-state index contributed by atoms with van der Waals surface area (Å²) in [6.07, 6.45) is 6.11. The van der Waals surface area contributed by atoms with Crippen molar-refractivity contribution >= 4 is 46.8 Å². The van der Waals surface area contributed by atoms with Crippen molar-refractivity contribution in [3.63, 3.8) is 0 Å². The quantitative estimate of drug-likeness (QED) is 0.415. The van der Waals surface area contributed by atoms with Crippen molar-refractivity contribution < 1.29 is 9.59 Å². The fraction of sp³-hybridized carbons (Fsp3) is 0.440. The second-order valence-corrected chi connectivity index (χ2v) is 10.1. The molecule has 0 saturated heterocycles. The molecule has 1 aliphatic rings. The number of halogens is 2.